The Morgan fingerprint density at radius 2 is 2.25 bits per heavy atom. The highest BCUT2D eigenvalue weighted by Crippen LogP contribution is 2.29. The minimum atomic E-state index is -0.259. The molecule has 1 aliphatic rings. The summed E-state index contributed by atoms with van der Waals surface area (Å²) in [5.74, 6) is 0.738. The molecular formula is C13H18N6O. The van der Waals surface area contributed by atoms with E-state index in [0.717, 1.165) is 18.5 Å². The summed E-state index contributed by atoms with van der Waals surface area (Å²) in [5, 5.41) is 0. The molecule has 0 bridgehead atoms. The first-order valence-corrected chi connectivity index (χ1v) is 6.71. The van der Waals surface area contributed by atoms with E-state index >= 15 is 0 Å². The molecule has 2 atom stereocenters. The topological polar surface area (TPSA) is 103 Å². The van der Waals surface area contributed by atoms with Crippen LogP contribution in [-0.4, -0.2) is 32.9 Å². The molecule has 0 saturated carbocycles. The normalized spacial score (nSPS) is 23.1. The van der Waals surface area contributed by atoms with E-state index in [1.54, 1.807) is 12.4 Å². The lowest BCUT2D eigenvalue weighted by Crippen LogP contribution is -2.46. The van der Waals surface area contributed by atoms with Gasteiger partial charge in [-0.15, -0.1) is 0 Å². The molecule has 0 radical (unpaired) electrons. The molecule has 2 aromatic rings. The highest BCUT2D eigenvalue weighted by atomic mass is 16.1. The summed E-state index contributed by atoms with van der Waals surface area (Å²) in [6.45, 7) is 2.68. The van der Waals surface area contributed by atoms with Crippen molar-refractivity contribution in [3.63, 3.8) is 0 Å². The van der Waals surface area contributed by atoms with E-state index in [4.69, 9.17) is 11.5 Å². The van der Waals surface area contributed by atoms with E-state index in [1.165, 1.54) is 0 Å². The highest BCUT2D eigenvalue weighted by Gasteiger charge is 2.31. The molecule has 2 aromatic heterocycles. The van der Waals surface area contributed by atoms with Crippen LogP contribution in [0.2, 0.25) is 0 Å². The third-order valence-electron chi connectivity index (χ3n) is 3.93. The van der Waals surface area contributed by atoms with Gasteiger partial charge in [-0.05, 0) is 19.8 Å². The van der Waals surface area contributed by atoms with Crippen LogP contribution in [0.3, 0.4) is 0 Å². The number of amides is 1. The van der Waals surface area contributed by atoms with Gasteiger partial charge in [-0.3, -0.25) is 4.79 Å². The van der Waals surface area contributed by atoms with Gasteiger partial charge in [0.05, 0.1) is 12.1 Å². The smallest absolute Gasteiger partial charge is 0.222 e. The Hall–Kier alpha value is -2.31. The molecule has 2 unspecified atom stereocenters. The average molecular weight is 274 g/mol. The maximum atomic E-state index is 11.4. The van der Waals surface area contributed by atoms with E-state index < -0.39 is 0 Å². The molecule has 0 aliphatic carbocycles. The molecule has 7 heteroatoms. The van der Waals surface area contributed by atoms with Gasteiger partial charge in [0, 0.05) is 25.0 Å². The van der Waals surface area contributed by atoms with Crippen molar-refractivity contribution in [2.75, 3.05) is 17.2 Å². The third-order valence-corrected chi connectivity index (χ3v) is 3.93. The Kier molecular flexibility index (Phi) is 2.96. The Balaban J connectivity index is 2.04. The quantitative estimate of drug-likeness (QED) is 0.825. The lowest BCUT2D eigenvalue weighted by molar-refractivity contribution is -0.122. The van der Waals surface area contributed by atoms with Gasteiger partial charge in [0.1, 0.15) is 5.82 Å². The second kappa shape index (κ2) is 4.66. The third kappa shape index (κ3) is 2.04. The van der Waals surface area contributed by atoms with E-state index in [2.05, 4.69) is 21.8 Å². The number of nitrogens with two attached hydrogens (primary N) is 2. The summed E-state index contributed by atoms with van der Waals surface area (Å²) in [4.78, 5) is 22.3. The summed E-state index contributed by atoms with van der Waals surface area (Å²) in [6.07, 6.45) is 6.99. The summed E-state index contributed by atoms with van der Waals surface area (Å²) < 4.78 is 1.85. The second-order valence-electron chi connectivity index (χ2n) is 5.33. The molecular weight excluding hydrogens is 256 g/mol. The van der Waals surface area contributed by atoms with Gasteiger partial charge in [0.25, 0.3) is 0 Å². The van der Waals surface area contributed by atoms with Crippen molar-refractivity contribution in [2.45, 2.75) is 25.8 Å². The van der Waals surface area contributed by atoms with Gasteiger partial charge in [0.2, 0.25) is 5.91 Å². The lowest BCUT2D eigenvalue weighted by Gasteiger charge is -2.37. The summed E-state index contributed by atoms with van der Waals surface area (Å²) in [7, 11) is 0. The van der Waals surface area contributed by atoms with Crippen LogP contribution in [0.4, 0.5) is 11.6 Å². The van der Waals surface area contributed by atoms with Crippen LogP contribution in [0, 0.1) is 5.92 Å². The van der Waals surface area contributed by atoms with Crippen molar-refractivity contribution in [2.24, 2.45) is 11.7 Å². The van der Waals surface area contributed by atoms with Gasteiger partial charge in [-0.25, -0.2) is 9.97 Å². The lowest BCUT2D eigenvalue weighted by atomic mass is 9.93. The summed E-state index contributed by atoms with van der Waals surface area (Å²) >= 11 is 0. The largest absolute Gasteiger partial charge is 0.382 e. The van der Waals surface area contributed by atoms with Crippen LogP contribution in [0.1, 0.15) is 19.8 Å². The van der Waals surface area contributed by atoms with Crippen molar-refractivity contribution in [3.8, 4) is 0 Å². The number of piperidine rings is 1. The number of hydrogen-bond donors (Lipinski definition) is 2. The van der Waals surface area contributed by atoms with Crippen molar-refractivity contribution in [1.29, 1.82) is 0 Å². The van der Waals surface area contributed by atoms with Gasteiger partial charge in [0.15, 0.2) is 11.5 Å². The Morgan fingerprint density at radius 1 is 1.45 bits per heavy atom. The van der Waals surface area contributed by atoms with Crippen LogP contribution in [0.25, 0.3) is 5.65 Å². The number of hydrogen-bond acceptors (Lipinski definition) is 5. The number of imidazole rings is 1. The summed E-state index contributed by atoms with van der Waals surface area (Å²) in [5.41, 5.74) is 12.0. The van der Waals surface area contributed by atoms with E-state index in [9.17, 15) is 4.79 Å². The number of rotatable bonds is 2. The molecule has 20 heavy (non-hydrogen) atoms. The number of anilines is 2. The maximum absolute atomic E-state index is 11.4. The molecule has 0 spiro atoms. The van der Waals surface area contributed by atoms with E-state index in [1.807, 2.05) is 10.6 Å². The fourth-order valence-corrected chi connectivity index (χ4v) is 2.76. The number of carbonyl (C=O) groups excluding carboxylic acids is 1. The molecule has 3 heterocycles. The Morgan fingerprint density at radius 3 is 3.00 bits per heavy atom. The first-order chi connectivity index (χ1) is 9.56. The SMILES string of the molecule is CC1CCC(C(N)=O)CN1c1nc(N)cn2ccnc12. The van der Waals surface area contributed by atoms with Gasteiger partial charge in [-0.2, -0.15) is 0 Å². The highest BCUT2D eigenvalue weighted by molar-refractivity contribution is 5.78. The van der Waals surface area contributed by atoms with Crippen molar-refractivity contribution < 1.29 is 4.79 Å². The molecule has 7 nitrogen and oxygen atoms in total. The summed E-state index contributed by atoms with van der Waals surface area (Å²) in [6, 6.07) is 0.278. The van der Waals surface area contributed by atoms with Crippen LogP contribution in [-0.2, 0) is 4.79 Å². The van der Waals surface area contributed by atoms with Crippen molar-refractivity contribution >= 4 is 23.2 Å². The fraction of sp³-hybridized carbons (Fsp3) is 0.462. The molecule has 1 saturated heterocycles. The van der Waals surface area contributed by atoms with Gasteiger partial charge in [-0.1, -0.05) is 0 Å². The monoisotopic (exact) mass is 274 g/mol. The minimum Gasteiger partial charge on any atom is -0.382 e. The number of nitrogen functional groups attached to an aromatic ring is 1. The van der Waals surface area contributed by atoms with Crippen LogP contribution in [0.15, 0.2) is 18.6 Å². The molecule has 1 amide bonds. The van der Waals surface area contributed by atoms with E-state index in [0.29, 0.717) is 18.2 Å². The zero-order valence-corrected chi connectivity index (χ0v) is 11.4. The predicted molar refractivity (Wildman–Crippen MR) is 76.1 cm³/mol. The Bertz CT molecular complexity index is 651. The number of nitrogens with zero attached hydrogens (tertiary/aromatic N) is 4. The zero-order valence-electron chi connectivity index (χ0n) is 11.4. The Labute approximate surface area is 116 Å². The first kappa shape index (κ1) is 12.7. The van der Waals surface area contributed by atoms with E-state index in [-0.39, 0.29) is 17.9 Å². The van der Waals surface area contributed by atoms with Crippen molar-refractivity contribution in [1.82, 2.24) is 14.4 Å². The second-order valence-corrected chi connectivity index (χ2v) is 5.33. The average Bonchev–Trinajstić information content (AvgIpc) is 2.86. The number of aromatic nitrogens is 3. The number of carbonyl (C=O) groups is 1. The van der Waals surface area contributed by atoms with Gasteiger partial charge >= 0.3 is 0 Å². The molecule has 4 N–H and O–H groups in total. The maximum Gasteiger partial charge on any atom is 0.222 e. The number of fused-ring (bicyclic) bond motifs is 1. The van der Waals surface area contributed by atoms with Crippen molar-refractivity contribution in [3.05, 3.63) is 18.6 Å². The standard InChI is InChI=1S/C13H18N6O/c1-8-2-3-9(11(15)20)6-19(8)13-12-16-4-5-18(12)7-10(14)17-13/h4-5,7-9H,2-3,6,14H2,1H3,(H2,15,20). The van der Waals surface area contributed by atoms with Gasteiger partial charge < -0.3 is 20.8 Å². The van der Waals surface area contributed by atoms with Crippen LogP contribution >= 0.6 is 0 Å². The molecule has 3 rings (SSSR count). The minimum absolute atomic E-state index is 0.149. The first-order valence-electron chi connectivity index (χ1n) is 6.71. The fourth-order valence-electron chi connectivity index (χ4n) is 2.76. The predicted octanol–water partition coefficient (Wildman–Crippen LogP) is 0.402. The molecule has 1 aliphatic heterocycles. The van der Waals surface area contributed by atoms with Crippen LogP contribution < -0.4 is 16.4 Å². The molecule has 106 valence electrons. The molecule has 1 fully saturated rings. The van der Waals surface area contributed by atoms with Crippen LogP contribution in [0.5, 0.6) is 0 Å². The molecule has 0 aromatic carbocycles. The number of primary amides is 1. The zero-order chi connectivity index (χ0) is 14.3.